The highest BCUT2D eigenvalue weighted by Crippen LogP contribution is 2.25. The summed E-state index contributed by atoms with van der Waals surface area (Å²) in [6.45, 7) is 1.95. The minimum Gasteiger partial charge on any atom is -0.326 e. The van der Waals surface area contributed by atoms with Crippen LogP contribution in [-0.4, -0.2) is 36.5 Å². The van der Waals surface area contributed by atoms with Crippen molar-refractivity contribution in [3.63, 3.8) is 0 Å². The van der Waals surface area contributed by atoms with E-state index in [4.69, 9.17) is 0 Å². The molecule has 1 heterocycles. The Morgan fingerprint density at radius 3 is 2.54 bits per heavy atom. The molecule has 2 aliphatic rings. The molecule has 1 aliphatic heterocycles. The molecule has 148 valence electrons. The van der Waals surface area contributed by atoms with Gasteiger partial charge in [0.15, 0.2) is 0 Å². The summed E-state index contributed by atoms with van der Waals surface area (Å²) < 4.78 is 0. The number of para-hydroxylation sites is 1. The van der Waals surface area contributed by atoms with Crippen molar-refractivity contribution >= 4 is 36.4 Å². The SMILES string of the molecule is CN(Cc1ccccc1NC(=O)CC1CCCN1)C1CCCCC1.Cl.Cl. The molecule has 2 N–H and O–H groups in total. The van der Waals surface area contributed by atoms with Crippen LogP contribution in [0.1, 0.15) is 56.9 Å². The Morgan fingerprint density at radius 2 is 1.85 bits per heavy atom. The van der Waals surface area contributed by atoms with Crippen molar-refractivity contribution < 1.29 is 4.79 Å². The zero-order chi connectivity index (χ0) is 16.8. The standard InChI is InChI=1S/C20H31N3O.2ClH/c1-23(18-10-3-2-4-11-18)15-16-8-5-6-12-19(16)22-20(24)14-17-9-7-13-21-17;;/h5-6,8,12,17-18,21H,2-4,7,9-11,13-15H2,1H3,(H,22,24);2*1H. The third-order valence-corrected chi connectivity index (χ3v) is 5.50. The number of rotatable bonds is 6. The van der Waals surface area contributed by atoms with E-state index in [0.29, 0.717) is 18.5 Å². The molecule has 1 unspecified atom stereocenters. The molecule has 0 bridgehead atoms. The molecule has 26 heavy (non-hydrogen) atoms. The van der Waals surface area contributed by atoms with Crippen LogP contribution in [0.15, 0.2) is 24.3 Å². The minimum atomic E-state index is 0. The van der Waals surface area contributed by atoms with Gasteiger partial charge in [0, 0.05) is 30.7 Å². The highest BCUT2D eigenvalue weighted by molar-refractivity contribution is 5.91. The van der Waals surface area contributed by atoms with Gasteiger partial charge in [0.05, 0.1) is 0 Å². The summed E-state index contributed by atoms with van der Waals surface area (Å²) in [6.07, 6.45) is 9.56. The maximum absolute atomic E-state index is 12.3. The molecular formula is C20H33Cl2N3O. The molecule has 1 amide bonds. The topological polar surface area (TPSA) is 44.4 Å². The van der Waals surface area contributed by atoms with Crippen LogP contribution in [0.3, 0.4) is 0 Å². The lowest BCUT2D eigenvalue weighted by atomic mass is 9.94. The monoisotopic (exact) mass is 401 g/mol. The Balaban J connectivity index is 0.00000169. The van der Waals surface area contributed by atoms with Gasteiger partial charge in [-0.2, -0.15) is 0 Å². The van der Waals surface area contributed by atoms with E-state index in [0.717, 1.165) is 25.2 Å². The number of nitrogens with one attached hydrogen (secondary N) is 2. The number of hydrogen-bond donors (Lipinski definition) is 2. The lowest BCUT2D eigenvalue weighted by Crippen LogP contribution is -2.33. The van der Waals surface area contributed by atoms with Gasteiger partial charge >= 0.3 is 0 Å². The predicted molar refractivity (Wildman–Crippen MR) is 114 cm³/mol. The van der Waals surface area contributed by atoms with E-state index in [1.807, 2.05) is 12.1 Å². The summed E-state index contributed by atoms with van der Waals surface area (Å²) in [4.78, 5) is 14.8. The van der Waals surface area contributed by atoms with Gasteiger partial charge in [0.2, 0.25) is 5.91 Å². The molecule has 0 radical (unpaired) electrons. The molecule has 4 nitrogen and oxygen atoms in total. The number of halogens is 2. The normalized spacial score (nSPS) is 20.3. The summed E-state index contributed by atoms with van der Waals surface area (Å²) in [6, 6.07) is 9.28. The number of amides is 1. The van der Waals surface area contributed by atoms with E-state index in [1.165, 1.54) is 44.1 Å². The molecule has 1 saturated carbocycles. The first-order chi connectivity index (χ1) is 11.7. The second-order valence-electron chi connectivity index (χ2n) is 7.41. The zero-order valence-electron chi connectivity index (χ0n) is 15.7. The average molecular weight is 402 g/mol. The van der Waals surface area contributed by atoms with Crippen LogP contribution in [0.5, 0.6) is 0 Å². The molecular weight excluding hydrogens is 369 g/mol. The maximum Gasteiger partial charge on any atom is 0.225 e. The number of benzene rings is 1. The van der Waals surface area contributed by atoms with Gasteiger partial charge in [-0.3, -0.25) is 9.69 Å². The van der Waals surface area contributed by atoms with Crippen LogP contribution in [0.25, 0.3) is 0 Å². The molecule has 2 fully saturated rings. The average Bonchev–Trinajstić information content (AvgIpc) is 3.10. The van der Waals surface area contributed by atoms with Crippen LogP contribution < -0.4 is 10.6 Å². The lowest BCUT2D eigenvalue weighted by molar-refractivity contribution is -0.116. The second kappa shape index (κ2) is 11.8. The smallest absolute Gasteiger partial charge is 0.225 e. The summed E-state index contributed by atoms with van der Waals surface area (Å²) in [5, 5.41) is 6.53. The van der Waals surface area contributed by atoms with E-state index >= 15 is 0 Å². The number of carbonyl (C=O) groups excluding carboxylic acids is 1. The Hall–Kier alpha value is -0.810. The molecule has 6 heteroatoms. The molecule has 3 rings (SSSR count). The van der Waals surface area contributed by atoms with Crippen LogP contribution >= 0.6 is 24.8 Å². The fourth-order valence-electron chi connectivity index (χ4n) is 4.06. The molecule has 0 aromatic heterocycles. The fraction of sp³-hybridized carbons (Fsp3) is 0.650. The fourth-order valence-corrected chi connectivity index (χ4v) is 4.06. The van der Waals surface area contributed by atoms with Gasteiger partial charge < -0.3 is 10.6 Å². The molecule has 1 saturated heterocycles. The van der Waals surface area contributed by atoms with Gasteiger partial charge in [-0.1, -0.05) is 37.5 Å². The van der Waals surface area contributed by atoms with Crippen molar-refractivity contribution in [2.45, 2.75) is 70.0 Å². The van der Waals surface area contributed by atoms with Crippen LogP contribution in [0, 0.1) is 0 Å². The number of anilines is 1. The van der Waals surface area contributed by atoms with E-state index < -0.39 is 0 Å². The molecule has 1 aromatic carbocycles. The van der Waals surface area contributed by atoms with Crippen molar-refractivity contribution in [3.8, 4) is 0 Å². The van der Waals surface area contributed by atoms with Gasteiger partial charge in [-0.05, 0) is 50.9 Å². The predicted octanol–water partition coefficient (Wildman–Crippen LogP) is 4.38. The van der Waals surface area contributed by atoms with E-state index in [2.05, 4.69) is 34.7 Å². The Morgan fingerprint density at radius 1 is 1.12 bits per heavy atom. The minimum absolute atomic E-state index is 0. The summed E-state index contributed by atoms with van der Waals surface area (Å²) in [7, 11) is 2.22. The van der Waals surface area contributed by atoms with Crippen LogP contribution in [0.4, 0.5) is 5.69 Å². The van der Waals surface area contributed by atoms with Gasteiger partial charge in [0.1, 0.15) is 0 Å². The first-order valence-corrected chi connectivity index (χ1v) is 9.54. The quantitative estimate of drug-likeness (QED) is 0.743. The second-order valence-corrected chi connectivity index (χ2v) is 7.41. The maximum atomic E-state index is 12.3. The van der Waals surface area contributed by atoms with Gasteiger partial charge in [-0.15, -0.1) is 24.8 Å². The zero-order valence-corrected chi connectivity index (χ0v) is 17.3. The van der Waals surface area contributed by atoms with Gasteiger partial charge in [0.25, 0.3) is 0 Å². The Bertz CT molecular complexity index is 544. The highest BCUT2D eigenvalue weighted by Gasteiger charge is 2.20. The summed E-state index contributed by atoms with van der Waals surface area (Å²) in [5.41, 5.74) is 2.20. The Labute approximate surface area is 170 Å². The molecule has 1 atom stereocenters. The number of nitrogens with zero attached hydrogens (tertiary/aromatic N) is 1. The van der Waals surface area contributed by atoms with Crippen molar-refractivity contribution in [2.75, 3.05) is 18.9 Å². The van der Waals surface area contributed by atoms with E-state index in [9.17, 15) is 4.79 Å². The van der Waals surface area contributed by atoms with Gasteiger partial charge in [-0.25, -0.2) is 0 Å². The van der Waals surface area contributed by atoms with Crippen molar-refractivity contribution in [1.29, 1.82) is 0 Å². The van der Waals surface area contributed by atoms with Crippen molar-refractivity contribution in [2.24, 2.45) is 0 Å². The lowest BCUT2D eigenvalue weighted by Gasteiger charge is -2.31. The summed E-state index contributed by atoms with van der Waals surface area (Å²) in [5.74, 6) is 0.127. The first-order valence-electron chi connectivity index (χ1n) is 9.54. The molecule has 1 aromatic rings. The van der Waals surface area contributed by atoms with Crippen molar-refractivity contribution in [1.82, 2.24) is 10.2 Å². The molecule has 0 spiro atoms. The van der Waals surface area contributed by atoms with Crippen molar-refractivity contribution in [3.05, 3.63) is 29.8 Å². The summed E-state index contributed by atoms with van der Waals surface area (Å²) >= 11 is 0. The number of hydrogen-bond acceptors (Lipinski definition) is 3. The van der Waals surface area contributed by atoms with E-state index in [-0.39, 0.29) is 30.7 Å². The largest absolute Gasteiger partial charge is 0.326 e. The highest BCUT2D eigenvalue weighted by atomic mass is 35.5. The third kappa shape index (κ3) is 6.73. The van der Waals surface area contributed by atoms with E-state index in [1.54, 1.807) is 0 Å². The van der Waals surface area contributed by atoms with Crippen LogP contribution in [0.2, 0.25) is 0 Å². The third-order valence-electron chi connectivity index (χ3n) is 5.50. The molecule has 1 aliphatic carbocycles. The number of carbonyl (C=O) groups is 1. The first kappa shape index (κ1) is 23.2. The van der Waals surface area contributed by atoms with Crippen LogP contribution in [-0.2, 0) is 11.3 Å². The Kier molecular flexibility index (Phi) is 10.6.